The van der Waals surface area contributed by atoms with E-state index in [-0.39, 0.29) is 11.3 Å². The summed E-state index contributed by atoms with van der Waals surface area (Å²) in [5.74, 6) is -1.02. The Morgan fingerprint density at radius 3 is 2.61 bits per heavy atom. The van der Waals surface area contributed by atoms with Gasteiger partial charge in [-0.1, -0.05) is 41.1 Å². The average molecular weight is 304 g/mol. The number of hydrogen-bond donors (Lipinski definition) is 1. The van der Waals surface area contributed by atoms with E-state index in [4.69, 9.17) is 5.11 Å². The number of carboxylic acids is 1. The van der Waals surface area contributed by atoms with E-state index < -0.39 is 5.97 Å². The first-order valence-corrected chi connectivity index (χ1v) is 6.86. The summed E-state index contributed by atoms with van der Waals surface area (Å²) in [6, 6.07) is 16.0. The lowest BCUT2D eigenvalue weighted by Gasteiger charge is -2.08. The van der Waals surface area contributed by atoms with Crippen LogP contribution in [0, 0.1) is 18.3 Å². The lowest BCUT2D eigenvalue weighted by Crippen LogP contribution is -2.03. The fourth-order valence-corrected chi connectivity index (χ4v) is 2.28. The van der Waals surface area contributed by atoms with Crippen LogP contribution in [0.4, 0.5) is 0 Å². The zero-order valence-corrected chi connectivity index (χ0v) is 12.3. The average Bonchev–Trinajstić information content (AvgIpc) is 2.99. The van der Waals surface area contributed by atoms with Gasteiger partial charge in [-0.25, -0.2) is 9.48 Å². The van der Waals surface area contributed by atoms with Crippen LogP contribution in [0.2, 0.25) is 0 Å². The normalized spacial score (nSPS) is 10.3. The van der Waals surface area contributed by atoms with E-state index in [9.17, 15) is 10.1 Å². The minimum absolute atomic E-state index is 0.145. The molecular weight excluding hydrogens is 292 g/mol. The summed E-state index contributed by atoms with van der Waals surface area (Å²) in [6.07, 6.45) is 0. The first kappa shape index (κ1) is 14.5. The Bertz CT molecular complexity index is 921. The Balaban J connectivity index is 2.20. The van der Waals surface area contributed by atoms with Gasteiger partial charge < -0.3 is 5.11 Å². The molecule has 0 aliphatic heterocycles. The quantitative estimate of drug-likeness (QED) is 0.803. The third kappa shape index (κ3) is 2.68. The van der Waals surface area contributed by atoms with Crippen LogP contribution in [0.3, 0.4) is 0 Å². The molecule has 3 rings (SSSR count). The second-order valence-corrected chi connectivity index (χ2v) is 5.03. The zero-order valence-electron chi connectivity index (χ0n) is 12.3. The van der Waals surface area contributed by atoms with Gasteiger partial charge in [-0.05, 0) is 25.1 Å². The van der Waals surface area contributed by atoms with E-state index >= 15 is 0 Å². The molecule has 0 fully saturated rings. The molecule has 0 aliphatic carbocycles. The lowest BCUT2D eigenvalue weighted by molar-refractivity contribution is 0.0697. The molecule has 6 nitrogen and oxygen atoms in total. The van der Waals surface area contributed by atoms with E-state index in [0.717, 1.165) is 11.1 Å². The van der Waals surface area contributed by atoms with Crippen LogP contribution in [0.1, 0.15) is 21.6 Å². The van der Waals surface area contributed by atoms with Gasteiger partial charge in [-0.15, -0.1) is 5.10 Å². The molecule has 112 valence electrons. The highest BCUT2D eigenvalue weighted by atomic mass is 16.4. The van der Waals surface area contributed by atoms with Gasteiger partial charge in [0.1, 0.15) is 11.8 Å². The summed E-state index contributed by atoms with van der Waals surface area (Å²) in [5.41, 5.74) is 3.29. The molecule has 1 heterocycles. The number of nitrogens with zero attached hydrogens (tertiary/aromatic N) is 4. The molecule has 0 radical (unpaired) electrons. The maximum Gasteiger partial charge on any atom is 0.335 e. The molecule has 0 amide bonds. The molecule has 0 saturated heterocycles. The van der Waals surface area contributed by atoms with Crippen LogP contribution in [0.15, 0.2) is 48.5 Å². The zero-order chi connectivity index (χ0) is 16.4. The third-order valence-electron chi connectivity index (χ3n) is 3.44. The number of rotatable bonds is 3. The number of aromatic carboxylic acids is 1. The fraction of sp³-hybridized carbons (Fsp3) is 0.0588. The molecule has 0 atom stereocenters. The third-order valence-corrected chi connectivity index (χ3v) is 3.44. The molecular formula is C17H12N4O2. The standard InChI is InChI=1S/C17H12N4O2/c1-11-5-7-12(8-6-11)16-15(10-18)19-20-21(16)14-4-2-3-13(9-14)17(22)23/h2-9H,1H3,(H,22,23). The van der Waals surface area contributed by atoms with Crippen molar-refractivity contribution in [2.45, 2.75) is 6.92 Å². The molecule has 0 bridgehead atoms. The van der Waals surface area contributed by atoms with Crippen molar-refractivity contribution < 1.29 is 9.90 Å². The molecule has 0 saturated carbocycles. The Morgan fingerprint density at radius 1 is 1.22 bits per heavy atom. The predicted octanol–water partition coefficient (Wildman–Crippen LogP) is 2.81. The topological polar surface area (TPSA) is 91.8 Å². The van der Waals surface area contributed by atoms with Gasteiger partial charge in [0.15, 0.2) is 5.69 Å². The number of aromatic nitrogens is 3. The van der Waals surface area contributed by atoms with Gasteiger partial charge in [0.2, 0.25) is 0 Å². The second kappa shape index (κ2) is 5.73. The number of aryl methyl sites for hydroxylation is 1. The van der Waals surface area contributed by atoms with Crippen molar-refractivity contribution in [3.05, 3.63) is 65.4 Å². The van der Waals surface area contributed by atoms with Gasteiger partial charge >= 0.3 is 5.97 Å². The molecule has 3 aromatic rings. The summed E-state index contributed by atoms with van der Waals surface area (Å²) in [5, 5.41) is 26.3. The van der Waals surface area contributed by atoms with Gasteiger partial charge in [0, 0.05) is 5.56 Å². The van der Waals surface area contributed by atoms with Crippen LogP contribution < -0.4 is 0 Å². The van der Waals surface area contributed by atoms with Crippen molar-refractivity contribution in [1.29, 1.82) is 5.26 Å². The van der Waals surface area contributed by atoms with Crippen LogP contribution in [0.5, 0.6) is 0 Å². The maximum absolute atomic E-state index is 11.1. The minimum Gasteiger partial charge on any atom is -0.478 e. The summed E-state index contributed by atoms with van der Waals surface area (Å²) in [6.45, 7) is 1.97. The first-order chi connectivity index (χ1) is 11.1. The minimum atomic E-state index is -1.02. The number of carboxylic acid groups (broad SMARTS) is 1. The molecule has 23 heavy (non-hydrogen) atoms. The summed E-state index contributed by atoms with van der Waals surface area (Å²) < 4.78 is 1.48. The highest BCUT2D eigenvalue weighted by molar-refractivity contribution is 5.88. The van der Waals surface area contributed by atoms with Gasteiger partial charge in [0.25, 0.3) is 0 Å². The van der Waals surface area contributed by atoms with E-state index in [1.54, 1.807) is 12.1 Å². The summed E-state index contributed by atoms with van der Waals surface area (Å²) >= 11 is 0. The number of hydrogen-bond acceptors (Lipinski definition) is 4. The summed E-state index contributed by atoms with van der Waals surface area (Å²) in [4.78, 5) is 11.1. The predicted molar refractivity (Wildman–Crippen MR) is 83.2 cm³/mol. The summed E-state index contributed by atoms with van der Waals surface area (Å²) in [7, 11) is 0. The molecule has 0 aliphatic rings. The van der Waals surface area contributed by atoms with Gasteiger partial charge in [-0.2, -0.15) is 5.26 Å². The van der Waals surface area contributed by atoms with Gasteiger partial charge in [0.05, 0.1) is 11.3 Å². The monoisotopic (exact) mass is 304 g/mol. The van der Waals surface area contributed by atoms with Crippen LogP contribution in [-0.4, -0.2) is 26.1 Å². The van der Waals surface area contributed by atoms with Crippen molar-refractivity contribution in [2.24, 2.45) is 0 Å². The Kier molecular flexibility index (Phi) is 3.61. The Morgan fingerprint density at radius 2 is 1.96 bits per heavy atom. The smallest absolute Gasteiger partial charge is 0.335 e. The second-order valence-electron chi connectivity index (χ2n) is 5.03. The van der Waals surface area contributed by atoms with Crippen molar-refractivity contribution in [1.82, 2.24) is 15.0 Å². The fourth-order valence-electron chi connectivity index (χ4n) is 2.28. The Hall–Kier alpha value is -3.46. The van der Waals surface area contributed by atoms with Crippen LogP contribution in [-0.2, 0) is 0 Å². The van der Waals surface area contributed by atoms with Crippen LogP contribution in [0.25, 0.3) is 16.9 Å². The van der Waals surface area contributed by atoms with Crippen molar-refractivity contribution in [3.63, 3.8) is 0 Å². The van der Waals surface area contributed by atoms with E-state index in [0.29, 0.717) is 11.4 Å². The van der Waals surface area contributed by atoms with E-state index in [1.807, 2.05) is 37.3 Å². The van der Waals surface area contributed by atoms with Crippen molar-refractivity contribution in [2.75, 3.05) is 0 Å². The largest absolute Gasteiger partial charge is 0.478 e. The highest BCUT2D eigenvalue weighted by Gasteiger charge is 2.17. The first-order valence-electron chi connectivity index (χ1n) is 6.86. The molecule has 0 spiro atoms. The van der Waals surface area contributed by atoms with E-state index in [1.165, 1.54) is 16.8 Å². The molecule has 6 heteroatoms. The molecule has 2 aromatic carbocycles. The Labute approximate surface area is 132 Å². The molecule has 0 unspecified atom stereocenters. The highest BCUT2D eigenvalue weighted by Crippen LogP contribution is 2.25. The number of nitriles is 1. The number of benzene rings is 2. The SMILES string of the molecule is Cc1ccc(-c2c(C#N)nnn2-c2cccc(C(=O)O)c2)cc1. The van der Waals surface area contributed by atoms with Crippen molar-refractivity contribution in [3.8, 4) is 23.0 Å². The lowest BCUT2D eigenvalue weighted by atomic mass is 10.1. The van der Waals surface area contributed by atoms with Crippen LogP contribution >= 0.6 is 0 Å². The molecule has 1 N–H and O–H groups in total. The number of carbonyl (C=O) groups is 1. The van der Waals surface area contributed by atoms with Crippen molar-refractivity contribution >= 4 is 5.97 Å². The van der Waals surface area contributed by atoms with E-state index in [2.05, 4.69) is 10.3 Å². The van der Waals surface area contributed by atoms with Gasteiger partial charge in [-0.3, -0.25) is 0 Å². The molecule has 1 aromatic heterocycles. The maximum atomic E-state index is 11.1.